The smallest absolute Gasteiger partial charge is 0.244 e. The summed E-state index contributed by atoms with van der Waals surface area (Å²) >= 11 is 0. The average Bonchev–Trinajstić information content (AvgIpc) is 2.56. The van der Waals surface area contributed by atoms with Crippen molar-refractivity contribution in [3.8, 4) is 0 Å². The highest BCUT2D eigenvalue weighted by Crippen LogP contribution is 2.17. The Morgan fingerprint density at radius 1 is 1.69 bits per heavy atom. The van der Waals surface area contributed by atoms with Gasteiger partial charge in [-0.3, -0.25) is 9.69 Å². The molecular weight excluding hydrogens is 168 g/mol. The van der Waals surface area contributed by atoms with Crippen molar-refractivity contribution in [3.05, 3.63) is 12.3 Å². The van der Waals surface area contributed by atoms with Crippen molar-refractivity contribution in [2.45, 2.75) is 19.0 Å². The molecule has 70 valence electrons. The second-order valence-corrected chi connectivity index (χ2v) is 3.20. The fourth-order valence-corrected chi connectivity index (χ4v) is 1.53. The summed E-state index contributed by atoms with van der Waals surface area (Å²) in [5, 5.41) is 4.10. The Balaban J connectivity index is 2.40. The molecule has 0 spiro atoms. The molecule has 5 heteroatoms. The largest absolute Gasteiger partial charge is 0.320 e. The highest BCUT2D eigenvalue weighted by atomic mass is 16.2. The summed E-state index contributed by atoms with van der Waals surface area (Å²) in [6.07, 6.45) is 2.34. The first-order valence-electron chi connectivity index (χ1n) is 4.25. The van der Waals surface area contributed by atoms with Crippen LogP contribution < -0.4 is 10.6 Å². The normalized spacial score (nSPS) is 22.8. The zero-order valence-corrected chi connectivity index (χ0v) is 7.47. The Morgan fingerprint density at radius 2 is 2.46 bits per heavy atom. The van der Waals surface area contributed by atoms with Crippen molar-refractivity contribution in [1.29, 1.82) is 0 Å². The monoisotopic (exact) mass is 180 g/mol. The molecule has 1 atom stereocenters. The lowest BCUT2D eigenvalue weighted by molar-refractivity contribution is -0.119. The quantitative estimate of drug-likeness (QED) is 0.589. The van der Waals surface area contributed by atoms with Crippen LogP contribution in [0.1, 0.15) is 6.42 Å². The van der Waals surface area contributed by atoms with Crippen LogP contribution in [0.15, 0.2) is 12.3 Å². The lowest BCUT2D eigenvalue weighted by Crippen LogP contribution is -2.40. The van der Waals surface area contributed by atoms with E-state index < -0.39 is 6.04 Å². The fraction of sp³-hybridized carbons (Fsp3) is 0.500. The Kier molecular flexibility index (Phi) is 1.81. The topological polar surface area (TPSA) is 64.2 Å². The van der Waals surface area contributed by atoms with E-state index >= 15 is 0 Å². The number of aromatic nitrogens is 2. The zero-order chi connectivity index (χ0) is 9.42. The molecule has 1 aliphatic rings. The Labute approximate surface area is 76.1 Å². The number of carbonyl (C=O) groups excluding carboxylic acids is 1. The molecule has 2 N–H and O–H groups in total. The molecule has 0 aromatic carbocycles. The highest BCUT2D eigenvalue weighted by Gasteiger charge is 2.25. The van der Waals surface area contributed by atoms with Crippen LogP contribution in [0.3, 0.4) is 0 Å². The molecule has 1 aliphatic heterocycles. The van der Waals surface area contributed by atoms with Gasteiger partial charge in [-0.05, 0) is 6.42 Å². The highest BCUT2D eigenvalue weighted by molar-refractivity contribution is 5.96. The van der Waals surface area contributed by atoms with E-state index in [1.54, 1.807) is 22.8 Å². The number of likely N-dealkylation sites (N-methyl/N-ethyl adjacent to an activating group) is 1. The van der Waals surface area contributed by atoms with Crippen LogP contribution in [0.25, 0.3) is 0 Å². The van der Waals surface area contributed by atoms with Gasteiger partial charge in [0.05, 0.1) is 12.2 Å². The van der Waals surface area contributed by atoms with Crippen LogP contribution in [-0.2, 0) is 11.3 Å². The minimum absolute atomic E-state index is 0.0424. The summed E-state index contributed by atoms with van der Waals surface area (Å²) in [7, 11) is 1.72. The summed E-state index contributed by atoms with van der Waals surface area (Å²) < 4.78 is 1.80. The summed E-state index contributed by atoms with van der Waals surface area (Å²) in [6, 6.07) is 1.42. The van der Waals surface area contributed by atoms with Gasteiger partial charge in [-0.25, -0.2) is 4.68 Å². The van der Waals surface area contributed by atoms with Gasteiger partial charge >= 0.3 is 0 Å². The van der Waals surface area contributed by atoms with E-state index in [-0.39, 0.29) is 5.91 Å². The number of carbonyl (C=O) groups is 1. The summed E-state index contributed by atoms with van der Waals surface area (Å²) in [5.41, 5.74) is 5.67. The third-order valence-electron chi connectivity index (χ3n) is 2.34. The number of rotatable bonds is 0. The van der Waals surface area contributed by atoms with E-state index in [0.717, 1.165) is 5.82 Å². The summed E-state index contributed by atoms with van der Waals surface area (Å²) in [6.45, 7) is 0.708. The third-order valence-corrected chi connectivity index (χ3v) is 2.34. The molecule has 0 radical (unpaired) electrons. The number of hydrogen-bond donors (Lipinski definition) is 1. The van der Waals surface area contributed by atoms with Gasteiger partial charge in [-0.2, -0.15) is 5.10 Å². The van der Waals surface area contributed by atoms with Crippen molar-refractivity contribution in [3.63, 3.8) is 0 Å². The average molecular weight is 180 g/mol. The van der Waals surface area contributed by atoms with E-state index in [0.29, 0.717) is 13.0 Å². The summed E-state index contributed by atoms with van der Waals surface area (Å²) in [5.74, 6) is 0.775. The first-order chi connectivity index (χ1) is 6.20. The molecule has 0 bridgehead atoms. The van der Waals surface area contributed by atoms with Crippen molar-refractivity contribution in [1.82, 2.24) is 9.78 Å². The van der Waals surface area contributed by atoms with Crippen molar-refractivity contribution in [2.24, 2.45) is 5.73 Å². The SMILES string of the molecule is CN1C(=O)[C@@H](N)CCn2nccc21. The number of fused-ring (bicyclic) bond motifs is 1. The lowest BCUT2D eigenvalue weighted by atomic mass is 10.2. The number of aryl methyl sites for hydroxylation is 1. The van der Waals surface area contributed by atoms with Crippen LogP contribution in [0.4, 0.5) is 5.82 Å². The number of nitrogens with zero attached hydrogens (tertiary/aromatic N) is 3. The predicted octanol–water partition coefficient (Wildman–Crippen LogP) is -0.423. The van der Waals surface area contributed by atoms with E-state index in [4.69, 9.17) is 5.73 Å². The maximum atomic E-state index is 11.6. The van der Waals surface area contributed by atoms with Crippen LogP contribution in [0, 0.1) is 0 Å². The van der Waals surface area contributed by atoms with Crippen LogP contribution in [0.5, 0.6) is 0 Å². The molecule has 0 saturated carbocycles. The van der Waals surface area contributed by atoms with Gasteiger partial charge in [0.1, 0.15) is 5.82 Å². The fourth-order valence-electron chi connectivity index (χ4n) is 1.53. The maximum Gasteiger partial charge on any atom is 0.244 e. The number of hydrogen-bond acceptors (Lipinski definition) is 3. The van der Waals surface area contributed by atoms with Gasteiger partial charge in [0.15, 0.2) is 0 Å². The number of nitrogens with two attached hydrogens (primary N) is 1. The number of anilines is 1. The van der Waals surface area contributed by atoms with Gasteiger partial charge in [-0.1, -0.05) is 0 Å². The van der Waals surface area contributed by atoms with Crippen molar-refractivity contribution >= 4 is 11.7 Å². The molecular formula is C8H12N4O. The van der Waals surface area contributed by atoms with Gasteiger partial charge in [0.2, 0.25) is 5.91 Å². The van der Waals surface area contributed by atoms with E-state index in [1.165, 1.54) is 0 Å². The molecule has 0 aliphatic carbocycles. The number of amides is 1. The Bertz CT molecular complexity index is 333. The molecule has 2 rings (SSSR count). The summed E-state index contributed by atoms with van der Waals surface area (Å²) in [4.78, 5) is 13.1. The molecule has 0 fully saturated rings. The van der Waals surface area contributed by atoms with E-state index in [9.17, 15) is 4.79 Å². The Hall–Kier alpha value is -1.36. The second-order valence-electron chi connectivity index (χ2n) is 3.20. The molecule has 1 aromatic rings. The molecule has 5 nitrogen and oxygen atoms in total. The van der Waals surface area contributed by atoms with E-state index in [2.05, 4.69) is 5.10 Å². The molecule has 1 amide bonds. The molecule has 13 heavy (non-hydrogen) atoms. The van der Waals surface area contributed by atoms with E-state index in [1.807, 2.05) is 6.07 Å². The van der Waals surface area contributed by atoms with Gasteiger partial charge in [0, 0.05) is 19.7 Å². The molecule has 0 saturated heterocycles. The van der Waals surface area contributed by atoms with Crippen molar-refractivity contribution in [2.75, 3.05) is 11.9 Å². The Morgan fingerprint density at radius 3 is 3.23 bits per heavy atom. The predicted molar refractivity (Wildman–Crippen MR) is 48.2 cm³/mol. The molecule has 0 unspecified atom stereocenters. The molecule has 2 heterocycles. The second kappa shape index (κ2) is 2.85. The lowest BCUT2D eigenvalue weighted by Gasteiger charge is -2.16. The van der Waals surface area contributed by atoms with Crippen molar-refractivity contribution < 1.29 is 4.79 Å². The van der Waals surface area contributed by atoms with Gasteiger partial charge in [-0.15, -0.1) is 0 Å². The van der Waals surface area contributed by atoms with Gasteiger partial charge < -0.3 is 5.73 Å². The third kappa shape index (κ3) is 1.21. The van der Waals surface area contributed by atoms with Crippen LogP contribution in [-0.4, -0.2) is 28.8 Å². The first-order valence-corrected chi connectivity index (χ1v) is 4.25. The standard InChI is InChI=1S/C8H12N4O/c1-11-7-2-4-10-12(7)5-3-6(9)8(11)13/h2,4,6H,3,5,9H2,1H3/t6-/m0/s1. The maximum absolute atomic E-state index is 11.6. The first kappa shape index (κ1) is 8.25. The van der Waals surface area contributed by atoms with Gasteiger partial charge in [0.25, 0.3) is 0 Å². The van der Waals surface area contributed by atoms with Crippen LogP contribution in [0.2, 0.25) is 0 Å². The zero-order valence-electron chi connectivity index (χ0n) is 7.47. The minimum Gasteiger partial charge on any atom is -0.320 e. The van der Waals surface area contributed by atoms with Crippen LogP contribution >= 0.6 is 0 Å². The minimum atomic E-state index is -0.397. The molecule has 1 aromatic heterocycles.